The maximum Gasteiger partial charge on any atom is 0.0208 e. The van der Waals surface area contributed by atoms with Crippen molar-refractivity contribution in [3.63, 3.8) is 0 Å². The van der Waals surface area contributed by atoms with Crippen LogP contribution < -0.4 is 0 Å². The maximum absolute atomic E-state index is 5.31. The van der Waals surface area contributed by atoms with Crippen molar-refractivity contribution in [2.45, 2.75) is 20.8 Å². The molecule has 0 fully saturated rings. The van der Waals surface area contributed by atoms with Crippen LogP contribution in [0, 0.1) is 17.8 Å². The van der Waals surface area contributed by atoms with Crippen LogP contribution in [0.4, 0.5) is 0 Å². The van der Waals surface area contributed by atoms with E-state index >= 15 is 0 Å². The zero-order valence-electron chi connectivity index (χ0n) is 8.36. The molecule has 0 aromatic carbocycles. The predicted molar refractivity (Wildman–Crippen MR) is 59.8 cm³/mol. The molecule has 0 spiro atoms. The van der Waals surface area contributed by atoms with Crippen LogP contribution in [0.3, 0.4) is 0 Å². The number of hydrogen-bond donors (Lipinski definition) is 0. The van der Waals surface area contributed by atoms with E-state index in [1.807, 2.05) is 0 Å². The average Bonchev–Trinajstić information content (AvgIpc) is 1.96. The van der Waals surface area contributed by atoms with Gasteiger partial charge in [-0.2, -0.15) is 0 Å². The van der Waals surface area contributed by atoms with Crippen LogP contribution >= 0.6 is 8.58 Å². The summed E-state index contributed by atoms with van der Waals surface area (Å²) in [6.07, 6.45) is 5.31. The van der Waals surface area contributed by atoms with Gasteiger partial charge in [0.15, 0.2) is 0 Å². The minimum Gasteiger partial charge on any atom is -0.115 e. The Morgan fingerprint density at radius 2 is 2.00 bits per heavy atom. The Morgan fingerprint density at radius 3 is 2.25 bits per heavy atom. The van der Waals surface area contributed by atoms with Gasteiger partial charge in [0.25, 0.3) is 0 Å². The second-order valence-electron chi connectivity index (χ2n) is 3.72. The van der Waals surface area contributed by atoms with Gasteiger partial charge in [-0.1, -0.05) is 39.1 Å². The van der Waals surface area contributed by atoms with Gasteiger partial charge in [0.1, 0.15) is 0 Å². The number of rotatable bonds is 2. The van der Waals surface area contributed by atoms with Crippen molar-refractivity contribution in [1.82, 2.24) is 0 Å². The normalized spacial score (nSPS) is 13.4. The molecule has 0 bridgehead atoms. The lowest BCUT2D eigenvalue weighted by atomic mass is 9.84. The van der Waals surface area contributed by atoms with E-state index in [4.69, 9.17) is 6.42 Å². The molecule has 0 heterocycles. The first-order valence-corrected chi connectivity index (χ1v) is 5.55. The zero-order valence-corrected chi connectivity index (χ0v) is 9.36. The molecule has 0 aromatic heterocycles. The van der Waals surface area contributed by atoms with Crippen LogP contribution in [0.25, 0.3) is 0 Å². The lowest BCUT2D eigenvalue weighted by molar-refractivity contribution is 0.515. The molecule has 0 saturated heterocycles. The third-order valence-electron chi connectivity index (χ3n) is 1.60. The molecule has 0 aliphatic rings. The third-order valence-corrected chi connectivity index (χ3v) is 2.17. The Morgan fingerprint density at radius 1 is 1.50 bits per heavy atom. The van der Waals surface area contributed by atoms with Gasteiger partial charge < -0.3 is 0 Å². The van der Waals surface area contributed by atoms with Crippen LogP contribution in [-0.2, 0) is 0 Å². The summed E-state index contributed by atoms with van der Waals surface area (Å²) in [5, 5.41) is 0. The minimum absolute atomic E-state index is 0.118. The summed E-state index contributed by atoms with van der Waals surface area (Å²) in [7, 11) is 0.789. The summed E-state index contributed by atoms with van der Waals surface area (Å²) >= 11 is 0. The summed E-state index contributed by atoms with van der Waals surface area (Å²) in [6, 6.07) is 0. The lowest BCUT2D eigenvalue weighted by Gasteiger charge is -2.22. The van der Waals surface area contributed by atoms with Crippen molar-refractivity contribution in [3.8, 4) is 12.3 Å². The highest BCUT2D eigenvalue weighted by atomic mass is 31.1. The van der Waals surface area contributed by atoms with Gasteiger partial charge in [0.2, 0.25) is 0 Å². The second kappa shape index (κ2) is 4.48. The Bertz CT molecular complexity index is 233. The SMILES string of the molecule is C#CC(=C)/C(=C\PC)C(C)(C)C. The zero-order chi connectivity index (χ0) is 9.78. The van der Waals surface area contributed by atoms with Crippen LogP contribution in [0.2, 0.25) is 0 Å². The highest BCUT2D eigenvalue weighted by molar-refractivity contribution is 7.40. The van der Waals surface area contributed by atoms with Gasteiger partial charge in [0, 0.05) is 5.57 Å². The molecular formula is C11H17P. The van der Waals surface area contributed by atoms with Crippen LogP contribution in [0.15, 0.2) is 23.5 Å². The minimum atomic E-state index is 0.118. The molecule has 0 rings (SSSR count). The molecule has 0 aliphatic heterocycles. The molecule has 1 heteroatoms. The quantitative estimate of drug-likeness (QED) is 0.347. The Balaban J connectivity index is 4.85. The fourth-order valence-electron chi connectivity index (χ4n) is 0.978. The summed E-state index contributed by atoms with van der Waals surface area (Å²) in [4.78, 5) is 0. The molecule has 0 nitrogen and oxygen atoms in total. The van der Waals surface area contributed by atoms with Crippen molar-refractivity contribution < 1.29 is 0 Å². The van der Waals surface area contributed by atoms with E-state index in [-0.39, 0.29) is 5.41 Å². The Labute approximate surface area is 77.9 Å². The molecule has 1 atom stereocenters. The summed E-state index contributed by atoms with van der Waals surface area (Å²) < 4.78 is 0. The van der Waals surface area contributed by atoms with Crippen molar-refractivity contribution in [1.29, 1.82) is 0 Å². The molecule has 1 unspecified atom stereocenters. The van der Waals surface area contributed by atoms with Crippen LogP contribution in [0.1, 0.15) is 20.8 Å². The van der Waals surface area contributed by atoms with Crippen LogP contribution in [-0.4, -0.2) is 6.66 Å². The number of allylic oxidation sites excluding steroid dienone is 2. The summed E-state index contributed by atoms with van der Waals surface area (Å²) in [5.41, 5.74) is 2.13. The van der Waals surface area contributed by atoms with E-state index in [0.717, 1.165) is 14.2 Å². The summed E-state index contributed by atoms with van der Waals surface area (Å²) in [6.45, 7) is 12.5. The van der Waals surface area contributed by atoms with E-state index in [1.54, 1.807) is 0 Å². The molecule has 0 saturated carbocycles. The highest BCUT2D eigenvalue weighted by Crippen LogP contribution is 2.32. The monoisotopic (exact) mass is 180 g/mol. The second-order valence-corrected chi connectivity index (χ2v) is 4.59. The topological polar surface area (TPSA) is 0 Å². The first kappa shape index (κ1) is 11.5. The average molecular weight is 180 g/mol. The Hall–Kier alpha value is -0.530. The number of terminal acetylenes is 1. The van der Waals surface area contributed by atoms with Gasteiger partial charge >= 0.3 is 0 Å². The van der Waals surface area contributed by atoms with Crippen molar-refractivity contribution in [2.24, 2.45) is 5.41 Å². The van der Waals surface area contributed by atoms with Crippen LogP contribution in [0.5, 0.6) is 0 Å². The van der Waals surface area contributed by atoms with E-state index < -0.39 is 0 Å². The van der Waals surface area contributed by atoms with Gasteiger partial charge in [-0.3, -0.25) is 0 Å². The van der Waals surface area contributed by atoms with E-state index in [2.05, 4.69) is 45.8 Å². The van der Waals surface area contributed by atoms with E-state index in [0.29, 0.717) is 0 Å². The van der Waals surface area contributed by atoms with E-state index in [9.17, 15) is 0 Å². The molecule has 0 aliphatic carbocycles. The van der Waals surface area contributed by atoms with E-state index in [1.165, 1.54) is 5.57 Å². The first-order valence-electron chi connectivity index (χ1n) is 3.97. The Kier molecular flexibility index (Phi) is 4.29. The number of hydrogen-bond acceptors (Lipinski definition) is 0. The fraction of sp³-hybridized carbons (Fsp3) is 0.455. The van der Waals surface area contributed by atoms with Gasteiger partial charge in [0.05, 0.1) is 0 Å². The molecule has 12 heavy (non-hydrogen) atoms. The fourth-order valence-corrected chi connectivity index (χ4v) is 1.87. The van der Waals surface area contributed by atoms with Crippen molar-refractivity contribution >= 4 is 8.58 Å². The van der Waals surface area contributed by atoms with Crippen molar-refractivity contribution in [3.05, 3.63) is 23.5 Å². The van der Waals surface area contributed by atoms with Gasteiger partial charge in [-0.05, 0) is 17.7 Å². The highest BCUT2D eigenvalue weighted by Gasteiger charge is 2.17. The molecular weight excluding hydrogens is 163 g/mol. The molecule has 0 aromatic rings. The lowest BCUT2D eigenvalue weighted by Crippen LogP contribution is -2.10. The molecule has 66 valence electrons. The molecule has 0 N–H and O–H groups in total. The molecule has 0 radical (unpaired) electrons. The summed E-state index contributed by atoms with van der Waals surface area (Å²) in [5.74, 6) is 4.78. The standard InChI is InChI=1S/C11H17P/c1-7-9(2)10(8-12-6)11(3,4)5/h1,8,12H,2H2,3-6H3/b10-8+. The third kappa shape index (κ3) is 3.24. The van der Waals surface area contributed by atoms with Gasteiger partial charge in [-0.15, -0.1) is 15.0 Å². The van der Waals surface area contributed by atoms with Gasteiger partial charge in [-0.25, -0.2) is 0 Å². The molecule has 0 amide bonds. The maximum atomic E-state index is 5.31. The predicted octanol–water partition coefficient (Wildman–Crippen LogP) is 3.41. The largest absolute Gasteiger partial charge is 0.115 e. The van der Waals surface area contributed by atoms with Crippen molar-refractivity contribution in [2.75, 3.05) is 6.66 Å². The smallest absolute Gasteiger partial charge is 0.0208 e. The first-order chi connectivity index (χ1) is 5.43.